The molecular weight excluding hydrogens is 555 g/mol. The minimum Gasteiger partial charge on any atom is -0.394 e. The Hall–Kier alpha value is -2.36. The molecule has 5 nitrogen and oxygen atoms in total. The van der Waals surface area contributed by atoms with E-state index in [1.807, 2.05) is 42.5 Å². The number of amides is 2. The zero-order chi connectivity index (χ0) is 24.7. The molecule has 0 spiro atoms. The molecule has 2 heterocycles. The summed E-state index contributed by atoms with van der Waals surface area (Å²) in [7, 11) is -3.04. The third-order valence-electron chi connectivity index (χ3n) is 6.51. The molecule has 0 aliphatic carbocycles. The topological polar surface area (TPSA) is 59.5 Å². The first-order valence-corrected chi connectivity index (χ1v) is 14.3. The van der Waals surface area contributed by atoms with E-state index in [1.54, 1.807) is 26.1 Å². The van der Waals surface area contributed by atoms with Crippen LogP contribution in [0.3, 0.4) is 0 Å². The number of aromatic nitrogens is 1. The van der Waals surface area contributed by atoms with Crippen molar-refractivity contribution in [2.24, 2.45) is 5.41 Å². The van der Waals surface area contributed by atoms with Crippen molar-refractivity contribution in [3.63, 3.8) is 0 Å². The van der Waals surface area contributed by atoms with Gasteiger partial charge in [-0.1, -0.05) is 81.4 Å². The second-order valence-electron chi connectivity index (χ2n) is 10.2. The summed E-state index contributed by atoms with van der Waals surface area (Å²) in [6, 6.07) is 23.8. The van der Waals surface area contributed by atoms with Gasteiger partial charge in [0.15, 0.2) is 0 Å². The van der Waals surface area contributed by atoms with Gasteiger partial charge in [-0.25, -0.2) is 9.88 Å². The molecule has 0 unspecified atom stereocenters. The maximum Gasteiger partial charge on any atom is 0.264 e. The predicted octanol–water partition coefficient (Wildman–Crippen LogP) is 4.53. The molecule has 1 saturated heterocycles. The molecule has 34 heavy (non-hydrogen) atoms. The van der Waals surface area contributed by atoms with Gasteiger partial charge in [0.2, 0.25) is 5.91 Å². The van der Waals surface area contributed by atoms with Crippen molar-refractivity contribution in [3.05, 3.63) is 82.6 Å². The van der Waals surface area contributed by atoms with Gasteiger partial charge >= 0.3 is 0 Å². The van der Waals surface area contributed by atoms with Crippen LogP contribution in [-0.2, 0) is 14.0 Å². The Bertz CT molecular complexity index is 1150. The van der Waals surface area contributed by atoms with Crippen LogP contribution in [0.2, 0.25) is 5.04 Å². The van der Waals surface area contributed by atoms with Crippen LogP contribution >= 0.6 is 22.6 Å². The largest absolute Gasteiger partial charge is 0.394 e. The summed E-state index contributed by atoms with van der Waals surface area (Å²) < 4.78 is 8.04. The fourth-order valence-corrected chi connectivity index (χ4v) is 9.79. The van der Waals surface area contributed by atoms with Crippen LogP contribution in [0.5, 0.6) is 0 Å². The zero-order valence-corrected chi connectivity index (χ0v) is 23.2. The molecule has 7 heteroatoms. The van der Waals surface area contributed by atoms with Gasteiger partial charge in [0.25, 0.3) is 14.2 Å². The minimum absolute atomic E-state index is 0.297. The van der Waals surface area contributed by atoms with Crippen molar-refractivity contribution < 1.29 is 14.0 Å². The summed E-state index contributed by atoms with van der Waals surface area (Å²) >= 11 is 2.15. The lowest BCUT2D eigenvalue weighted by atomic mass is 9.89. The van der Waals surface area contributed by atoms with Gasteiger partial charge in [-0.3, -0.25) is 9.59 Å². The second kappa shape index (κ2) is 9.01. The molecule has 1 atom stereocenters. The number of nitrogens with zero attached hydrogens (tertiary/aromatic N) is 2. The predicted molar refractivity (Wildman–Crippen MR) is 146 cm³/mol. The van der Waals surface area contributed by atoms with Gasteiger partial charge in [-0.15, -0.1) is 0 Å². The summed E-state index contributed by atoms with van der Waals surface area (Å²) in [5, 5.41) is 1.81. The van der Waals surface area contributed by atoms with Crippen molar-refractivity contribution in [1.29, 1.82) is 0 Å². The Morgan fingerprint density at radius 3 is 1.88 bits per heavy atom. The minimum atomic E-state index is -3.04. The van der Waals surface area contributed by atoms with Gasteiger partial charge < -0.3 is 4.43 Å². The Kier molecular flexibility index (Phi) is 6.56. The van der Waals surface area contributed by atoms with Crippen molar-refractivity contribution in [2.45, 2.75) is 45.8 Å². The highest BCUT2D eigenvalue weighted by atomic mass is 127. The van der Waals surface area contributed by atoms with E-state index in [4.69, 9.17) is 4.43 Å². The number of halogens is 1. The molecule has 0 radical (unpaired) electrons. The average Bonchev–Trinajstić information content (AvgIpc) is 2.97. The van der Waals surface area contributed by atoms with Gasteiger partial charge in [-0.2, -0.15) is 0 Å². The summed E-state index contributed by atoms with van der Waals surface area (Å²) in [6.07, 6.45) is 0.715. The van der Waals surface area contributed by atoms with Crippen molar-refractivity contribution >= 4 is 58.9 Å². The maximum atomic E-state index is 13.8. The van der Waals surface area contributed by atoms with E-state index in [0.29, 0.717) is 5.82 Å². The number of carbonyl (C=O) groups is 2. The van der Waals surface area contributed by atoms with Crippen molar-refractivity contribution in [3.8, 4) is 0 Å². The van der Waals surface area contributed by atoms with Crippen LogP contribution in [0, 0.1) is 8.99 Å². The molecule has 2 amide bonds. The molecule has 1 aliphatic heterocycles. The first-order valence-electron chi connectivity index (χ1n) is 11.3. The van der Waals surface area contributed by atoms with Crippen molar-refractivity contribution in [2.75, 3.05) is 4.90 Å². The molecule has 2 aromatic carbocycles. The third-order valence-corrected chi connectivity index (χ3v) is 12.1. The quantitative estimate of drug-likeness (QED) is 0.251. The van der Waals surface area contributed by atoms with E-state index in [-0.39, 0.29) is 16.9 Å². The molecule has 4 rings (SSSR count). The van der Waals surface area contributed by atoms with Crippen LogP contribution < -0.4 is 15.3 Å². The SMILES string of the molecule is CC1(C)C(=O)N(c2ccc(I)cn2)C(=O)[C@H]1O[Si](c1ccccc1)(c1ccccc1)C(C)(C)C. The van der Waals surface area contributed by atoms with Crippen LogP contribution in [0.1, 0.15) is 34.6 Å². The highest BCUT2D eigenvalue weighted by Gasteiger charge is 2.61. The summed E-state index contributed by atoms with van der Waals surface area (Å²) in [5.41, 5.74) is -1.05. The zero-order valence-electron chi connectivity index (χ0n) is 20.1. The molecule has 0 N–H and O–H groups in total. The number of pyridine rings is 1. The normalized spacial score (nSPS) is 18.4. The number of carbonyl (C=O) groups excluding carboxylic acids is 2. The summed E-state index contributed by atoms with van der Waals surface area (Å²) in [6.45, 7) is 10.1. The van der Waals surface area contributed by atoms with Gasteiger partial charge in [0.05, 0.1) is 5.41 Å². The van der Waals surface area contributed by atoms with Crippen molar-refractivity contribution in [1.82, 2.24) is 4.98 Å². The highest BCUT2D eigenvalue weighted by molar-refractivity contribution is 14.1. The Balaban J connectivity index is 1.88. The number of benzene rings is 2. The molecular formula is C27H29IN2O3Si. The summed E-state index contributed by atoms with van der Waals surface area (Å²) in [4.78, 5) is 32.9. The van der Waals surface area contributed by atoms with E-state index in [0.717, 1.165) is 13.9 Å². The van der Waals surface area contributed by atoms with Gasteiger partial charge in [-0.05, 0) is 64.0 Å². The first-order chi connectivity index (χ1) is 16.0. The maximum absolute atomic E-state index is 13.8. The van der Waals surface area contributed by atoms with Crippen LogP contribution in [0.25, 0.3) is 0 Å². The number of hydrogen-bond acceptors (Lipinski definition) is 4. The fraction of sp³-hybridized carbons (Fsp3) is 0.296. The lowest BCUT2D eigenvalue weighted by Gasteiger charge is -2.45. The van der Waals surface area contributed by atoms with Gasteiger partial charge in [0.1, 0.15) is 11.9 Å². The monoisotopic (exact) mass is 584 g/mol. The number of hydrogen-bond donors (Lipinski definition) is 0. The average molecular weight is 585 g/mol. The lowest BCUT2D eigenvalue weighted by molar-refractivity contribution is -0.128. The molecule has 1 aromatic heterocycles. The fourth-order valence-electron chi connectivity index (χ4n) is 4.71. The first kappa shape index (κ1) is 24.8. The number of imide groups is 1. The second-order valence-corrected chi connectivity index (χ2v) is 15.7. The van der Waals surface area contributed by atoms with Gasteiger partial charge in [0, 0.05) is 9.77 Å². The van der Waals surface area contributed by atoms with Crippen LogP contribution in [0.4, 0.5) is 5.82 Å². The molecule has 3 aromatic rings. The Morgan fingerprint density at radius 2 is 1.44 bits per heavy atom. The molecule has 1 aliphatic rings. The number of anilines is 1. The molecule has 1 fully saturated rings. The lowest BCUT2D eigenvalue weighted by Crippen LogP contribution is -2.69. The molecule has 0 saturated carbocycles. The van der Waals surface area contributed by atoms with E-state index in [9.17, 15) is 9.59 Å². The Labute approximate surface area is 215 Å². The van der Waals surface area contributed by atoms with E-state index in [2.05, 4.69) is 72.6 Å². The third kappa shape index (κ3) is 4.03. The Morgan fingerprint density at radius 1 is 0.912 bits per heavy atom. The number of rotatable bonds is 5. The van der Waals surface area contributed by atoms with E-state index >= 15 is 0 Å². The summed E-state index contributed by atoms with van der Waals surface area (Å²) in [5.74, 6) is -0.331. The van der Waals surface area contributed by atoms with Crippen LogP contribution in [-0.4, -0.2) is 31.2 Å². The standard InChI is InChI=1S/C27H29IN2O3Si/c1-26(2,3)34(20-12-8-6-9-13-20,21-14-10-7-11-15-21)33-23-24(31)30(25(32)27(23,4)5)22-17-16-19(28)18-29-22/h6-18,23H,1-5H3/t23-/m1/s1. The van der Waals surface area contributed by atoms with E-state index < -0.39 is 19.8 Å². The highest BCUT2D eigenvalue weighted by Crippen LogP contribution is 2.43. The van der Waals surface area contributed by atoms with E-state index in [1.165, 1.54) is 4.90 Å². The smallest absolute Gasteiger partial charge is 0.264 e. The molecule has 176 valence electrons. The molecule has 0 bridgehead atoms. The van der Waals surface area contributed by atoms with Crippen LogP contribution in [0.15, 0.2) is 79.0 Å².